The van der Waals surface area contributed by atoms with Gasteiger partial charge < -0.3 is 0 Å². The zero-order chi connectivity index (χ0) is 19.5. The van der Waals surface area contributed by atoms with Gasteiger partial charge in [0.25, 0.3) is 0 Å². The van der Waals surface area contributed by atoms with Crippen LogP contribution in [0, 0.1) is 47.0 Å². The second kappa shape index (κ2) is 9.22. The fraction of sp³-hybridized carbons (Fsp3) is 0.760. The van der Waals surface area contributed by atoms with Gasteiger partial charge >= 0.3 is 0 Å². The van der Waals surface area contributed by atoms with Crippen molar-refractivity contribution in [2.45, 2.75) is 89.9 Å². The summed E-state index contributed by atoms with van der Waals surface area (Å²) in [7, 11) is 0. The standard InChI is InChI=1S/C25H35F3/c26-23-15-20(16-24(27)25(23)28)5-4-17-6-10-21(11-7-17)22-12-8-19(9-13-22)14-18-2-1-3-18/h15-19,21-22H,1-14H2. The van der Waals surface area contributed by atoms with Crippen LogP contribution < -0.4 is 0 Å². The molecule has 0 spiro atoms. The lowest BCUT2D eigenvalue weighted by atomic mass is 9.67. The van der Waals surface area contributed by atoms with E-state index in [1.54, 1.807) is 0 Å². The Morgan fingerprint density at radius 2 is 1.14 bits per heavy atom. The molecule has 0 nitrogen and oxygen atoms in total. The third kappa shape index (κ3) is 4.94. The quantitative estimate of drug-likeness (QED) is 0.433. The molecule has 1 aromatic carbocycles. The number of hydrogen-bond donors (Lipinski definition) is 0. The molecule has 0 N–H and O–H groups in total. The van der Waals surface area contributed by atoms with Gasteiger partial charge in [0, 0.05) is 0 Å². The summed E-state index contributed by atoms with van der Waals surface area (Å²) in [5.74, 6) is 1.09. The normalized spacial score (nSPS) is 31.5. The van der Waals surface area contributed by atoms with E-state index < -0.39 is 17.5 Å². The van der Waals surface area contributed by atoms with E-state index in [1.165, 1.54) is 77.0 Å². The van der Waals surface area contributed by atoms with Gasteiger partial charge in [0.15, 0.2) is 17.5 Å². The molecule has 3 saturated carbocycles. The maximum Gasteiger partial charge on any atom is 0.194 e. The summed E-state index contributed by atoms with van der Waals surface area (Å²) >= 11 is 0. The van der Waals surface area contributed by atoms with Crippen LogP contribution in [-0.4, -0.2) is 0 Å². The molecule has 3 heteroatoms. The number of rotatable bonds is 6. The third-order valence-corrected chi connectivity index (χ3v) is 8.23. The molecule has 1 aromatic rings. The first-order valence-corrected chi connectivity index (χ1v) is 11.7. The van der Waals surface area contributed by atoms with Crippen LogP contribution in [0.15, 0.2) is 12.1 Å². The lowest BCUT2D eigenvalue weighted by Gasteiger charge is -2.39. The van der Waals surface area contributed by atoms with E-state index in [1.807, 2.05) is 0 Å². The van der Waals surface area contributed by atoms with Crippen LogP contribution in [0.4, 0.5) is 13.2 Å². The average molecular weight is 393 g/mol. The highest BCUT2D eigenvalue weighted by molar-refractivity contribution is 5.19. The van der Waals surface area contributed by atoms with Crippen molar-refractivity contribution in [3.63, 3.8) is 0 Å². The van der Waals surface area contributed by atoms with E-state index in [-0.39, 0.29) is 0 Å². The molecule has 0 aliphatic heterocycles. The van der Waals surface area contributed by atoms with Crippen LogP contribution in [0.25, 0.3) is 0 Å². The predicted octanol–water partition coefficient (Wildman–Crippen LogP) is 7.84. The van der Waals surface area contributed by atoms with Gasteiger partial charge in [-0.25, -0.2) is 13.2 Å². The van der Waals surface area contributed by atoms with Crippen LogP contribution in [-0.2, 0) is 6.42 Å². The van der Waals surface area contributed by atoms with E-state index >= 15 is 0 Å². The van der Waals surface area contributed by atoms with Crippen molar-refractivity contribution in [1.82, 2.24) is 0 Å². The summed E-state index contributed by atoms with van der Waals surface area (Å²) in [5, 5.41) is 0. The molecule has 3 aliphatic rings. The summed E-state index contributed by atoms with van der Waals surface area (Å²) in [6.07, 6.45) is 18.5. The van der Waals surface area contributed by atoms with E-state index in [0.29, 0.717) is 17.9 Å². The number of benzene rings is 1. The first kappa shape index (κ1) is 20.3. The Morgan fingerprint density at radius 1 is 0.643 bits per heavy atom. The first-order valence-electron chi connectivity index (χ1n) is 11.7. The van der Waals surface area contributed by atoms with Crippen LogP contribution >= 0.6 is 0 Å². The van der Waals surface area contributed by atoms with Crippen LogP contribution in [0.3, 0.4) is 0 Å². The van der Waals surface area contributed by atoms with Crippen molar-refractivity contribution in [1.29, 1.82) is 0 Å². The minimum absolute atomic E-state index is 0.586. The highest BCUT2D eigenvalue weighted by Gasteiger charge is 2.32. The van der Waals surface area contributed by atoms with E-state index in [2.05, 4.69) is 0 Å². The molecule has 0 heterocycles. The molecule has 0 radical (unpaired) electrons. The Balaban J connectivity index is 1.17. The van der Waals surface area contributed by atoms with Crippen molar-refractivity contribution in [2.75, 3.05) is 0 Å². The Bertz CT molecular complexity index is 612. The summed E-state index contributed by atoms with van der Waals surface area (Å²) in [6, 6.07) is 2.32. The van der Waals surface area contributed by atoms with Gasteiger partial charge in [-0.3, -0.25) is 0 Å². The van der Waals surface area contributed by atoms with Gasteiger partial charge in [0.2, 0.25) is 0 Å². The SMILES string of the molecule is Fc1cc(CCC2CCC(C3CCC(CC4CCC4)CC3)CC2)cc(F)c1F. The highest BCUT2D eigenvalue weighted by Crippen LogP contribution is 2.44. The molecule has 28 heavy (non-hydrogen) atoms. The molecule has 3 fully saturated rings. The van der Waals surface area contributed by atoms with Gasteiger partial charge in [-0.05, 0) is 92.2 Å². The fourth-order valence-corrected chi connectivity index (χ4v) is 6.17. The van der Waals surface area contributed by atoms with Crippen LogP contribution in [0.1, 0.15) is 89.0 Å². The summed E-state index contributed by atoms with van der Waals surface area (Å²) in [6.45, 7) is 0. The molecule has 3 aliphatic carbocycles. The minimum atomic E-state index is -1.35. The van der Waals surface area contributed by atoms with Crippen molar-refractivity contribution in [3.8, 4) is 0 Å². The fourth-order valence-electron chi connectivity index (χ4n) is 6.17. The summed E-state index contributed by atoms with van der Waals surface area (Å²) < 4.78 is 39.8. The second-order valence-corrected chi connectivity index (χ2v) is 10.0. The Kier molecular flexibility index (Phi) is 6.68. The Labute approximate surface area is 168 Å². The maximum absolute atomic E-state index is 13.4. The van der Waals surface area contributed by atoms with E-state index in [4.69, 9.17) is 0 Å². The van der Waals surface area contributed by atoms with Gasteiger partial charge in [0.1, 0.15) is 0 Å². The monoisotopic (exact) mass is 392 g/mol. The number of halogens is 3. The van der Waals surface area contributed by atoms with Crippen LogP contribution in [0.5, 0.6) is 0 Å². The van der Waals surface area contributed by atoms with E-state index in [9.17, 15) is 13.2 Å². The van der Waals surface area contributed by atoms with Crippen molar-refractivity contribution >= 4 is 0 Å². The molecular formula is C25H35F3. The van der Waals surface area contributed by atoms with Crippen molar-refractivity contribution in [3.05, 3.63) is 35.1 Å². The summed E-state index contributed by atoms with van der Waals surface area (Å²) in [5.41, 5.74) is 0.586. The number of hydrogen-bond acceptors (Lipinski definition) is 0. The van der Waals surface area contributed by atoms with E-state index in [0.717, 1.165) is 42.2 Å². The second-order valence-electron chi connectivity index (χ2n) is 10.0. The molecule has 0 aromatic heterocycles. The lowest BCUT2D eigenvalue weighted by molar-refractivity contribution is 0.126. The molecule has 0 saturated heterocycles. The highest BCUT2D eigenvalue weighted by atomic mass is 19.2. The van der Waals surface area contributed by atoms with Gasteiger partial charge in [0.05, 0.1) is 0 Å². The lowest BCUT2D eigenvalue weighted by Crippen LogP contribution is -2.27. The molecule has 0 atom stereocenters. The molecule has 4 rings (SSSR count). The summed E-state index contributed by atoms with van der Waals surface area (Å²) in [4.78, 5) is 0. The minimum Gasteiger partial charge on any atom is -0.204 e. The molecule has 156 valence electrons. The molecule has 0 unspecified atom stereocenters. The average Bonchev–Trinajstić information content (AvgIpc) is 2.68. The Hall–Kier alpha value is -0.990. The first-order chi connectivity index (χ1) is 13.6. The number of aryl methyl sites for hydroxylation is 1. The molecular weight excluding hydrogens is 357 g/mol. The van der Waals surface area contributed by atoms with Gasteiger partial charge in [-0.1, -0.05) is 44.9 Å². The zero-order valence-electron chi connectivity index (χ0n) is 17.1. The zero-order valence-corrected chi connectivity index (χ0v) is 17.1. The molecule has 0 bridgehead atoms. The van der Waals surface area contributed by atoms with Gasteiger partial charge in [-0.2, -0.15) is 0 Å². The van der Waals surface area contributed by atoms with Crippen LogP contribution in [0.2, 0.25) is 0 Å². The predicted molar refractivity (Wildman–Crippen MR) is 107 cm³/mol. The Morgan fingerprint density at radius 3 is 1.64 bits per heavy atom. The smallest absolute Gasteiger partial charge is 0.194 e. The third-order valence-electron chi connectivity index (χ3n) is 8.23. The maximum atomic E-state index is 13.4. The molecule has 0 amide bonds. The van der Waals surface area contributed by atoms with Crippen molar-refractivity contribution < 1.29 is 13.2 Å². The largest absolute Gasteiger partial charge is 0.204 e. The van der Waals surface area contributed by atoms with Gasteiger partial charge in [-0.15, -0.1) is 0 Å². The van der Waals surface area contributed by atoms with Crippen molar-refractivity contribution in [2.24, 2.45) is 29.6 Å². The topological polar surface area (TPSA) is 0 Å².